The number of rotatable bonds is 4. The smallest absolute Gasteiger partial charge is 0.265 e. The third kappa shape index (κ3) is 3.76. The SMILES string of the molecule is O=C(CN1c2ccc(F)cc2-c2ccccc2S1(=O)=O)NCc1ccc(Cl)cc1Cl. The summed E-state index contributed by atoms with van der Waals surface area (Å²) in [5, 5.41) is 3.53. The Labute approximate surface area is 183 Å². The quantitative estimate of drug-likeness (QED) is 0.612. The fraction of sp³-hybridized carbons (Fsp3) is 0.0952. The highest BCUT2D eigenvalue weighted by molar-refractivity contribution is 7.93. The number of benzene rings is 3. The number of fused-ring (bicyclic) bond motifs is 3. The largest absolute Gasteiger partial charge is 0.350 e. The van der Waals surface area contributed by atoms with E-state index in [0.29, 0.717) is 26.7 Å². The summed E-state index contributed by atoms with van der Waals surface area (Å²) in [6.45, 7) is -0.351. The van der Waals surface area contributed by atoms with Crippen molar-refractivity contribution in [3.8, 4) is 11.1 Å². The van der Waals surface area contributed by atoms with E-state index >= 15 is 0 Å². The second kappa shape index (κ2) is 7.91. The van der Waals surface area contributed by atoms with Gasteiger partial charge in [-0.05, 0) is 42.0 Å². The molecule has 0 saturated heterocycles. The van der Waals surface area contributed by atoms with Gasteiger partial charge in [0, 0.05) is 27.7 Å². The molecule has 1 amide bonds. The topological polar surface area (TPSA) is 66.5 Å². The van der Waals surface area contributed by atoms with Crippen LogP contribution in [0.15, 0.2) is 65.6 Å². The third-order valence-corrected chi connectivity index (χ3v) is 7.16. The van der Waals surface area contributed by atoms with Gasteiger partial charge in [-0.25, -0.2) is 12.8 Å². The first kappa shape index (κ1) is 20.7. The van der Waals surface area contributed by atoms with Crippen molar-refractivity contribution in [1.29, 1.82) is 0 Å². The van der Waals surface area contributed by atoms with E-state index in [1.165, 1.54) is 24.3 Å². The Balaban J connectivity index is 1.63. The van der Waals surface area contributed by atoms with Crippen LogP contribution in [0.4, 0.5) is 10.1 Å². The van der Waals surface area contributed by atoms with Crippen LogP contribution in [0.2, 0.25) is 10.0 Å². The zero-order valence-electron chi connectivity index (χ0n) is 15.4. The van der Waals surface area contributed by atoms with Gasteiger partial charge in [0.15, 0.2) is 0 Å². The summed E-state index contributed by atoms with van der Waals surface area (Å²) in [5.41, 5.74) is 1.70. The highest BCUT2D eigenvalue weighted by atomic mass is 35.5. The Kier molecular flexibility index (Phi) is 5.44. The van der Waals surface area contributed by atoms with Crippen molar-refractivity contribution >= 4 is 44.8 Å². The zero-order chi connectivity index (χ0) is 21.5. The number of nitrogens with zero attached hydrogens (tertiary/aromatic N) is 1. The lowest BCUT2D eigenvalue weighted by atomic mass is 10.0. The van der Waals surface area contributed by atoms with Gasteiger partial charge in [-0.3, -0.25) is 9.10 Å². The number of sulfonamides is 1. The molecule has 1 aliphatic heterocycles. The van der Waals surface area contributed by atoms with Gasteiger partial charge in [-0.2, -0.15) is 0 Å². The maximum atomic E-state index is 13.9. The Morgan fingerprint density at radius 3 is 2.53 bits per heavy atom. The minimum atomic E-state index is -3.99. The fourth-order valence-corrected chi connectivity index (χ4v) is 5.44. The first-order valence-corrected chi connectivity index (χ1v) is 11.1. The van der Waals surface area contributed by atoms with E-state index < -0.39 is 28.3 Å². The summed E-state index contributed by atoms with van der Waals surface area (Å²) < 4.78 is 41.2. The predicted molar refractivity (Wildman–Crippen MR) is 115 cm³/mol. The monoisotopic (exact) mass is 464 g/mol. The van der Waals surface area contributed by atoms with Crippen molar-refractivity contribution in [2.24, 2.45) is 0 Å². The molecule has 9 heteroatoms. The van der Waals surface area contributed by atoms with Crippen LogP contribution in [-0.4, -0.2) is 20.9 Å². The lowest BCUT2D eigenvalue weighted by Gasteiger charge is -2.31. The minimum absolute atomic E-state index is 0.0247. The molecule has 154 valence electrons. The van der Waals surface area contributed by atoms with Crippen molar-refractivity contribution in [3.63, 3.8) is 0 Å². The number of halogens is 3. The normalized spacial score (nSPS) is 14.0. The molecule has 5 nitrogen and oxygen atoms in total. The van der Waals surface area contributed by atoms with Crippen LogP contribution in [0, 0.1) is 5.82 Å². The Bertz CT molecular complexity index is 1260. The number of anilines is 1. The van der Waals surface area contributed by atoms with Gasteiger partial charge in [-0.1, -0.05) is 47.5 Å². The molecule has 1 heterocycles. The van der Waals surface area contributed by atoms with Crippen LogP contribution in [0.25, 0.3) is 11.1 Å². The van der Waals surface area contributed by atoms with Gasteiger partial charge in [0.25, 0.3) is 10.0 Å². The highest BCUT2D eigenvalue weighted by Gasteiger charge is 2.36. The molecule has 0 radical (unpaired) electrons. The van der Waals surface area contributed by atoms with Gasteiger partial charge in [0.2, 0.25) is 5.91 Å². The van der Waals surface area contributed by atoms with Crippen molar-refractivity contribution in [2.45, 2.75) is 11.4 Å². The van der Waals surface area contributed by atoms with Crippen molar-refractivity contribution < 1.29 is 17.6 Å². The van der Waals surface area contributed by atoms with Crippen molar-refractivity contribution in [1.82, 2.24) is 5.32 Å². The van der Waals surface area contributed by atoms with E-state index in [1.807, 2.05) is 0 Å². The molecule has 1 aliphatic rings. The van der Waals surface area contributed by atoms with Crippen LogP contribution in [0.5, 0.6) is 0 Å². The van der Waals surface area contributed by atoms with Gasteiger partial charge in [0.05, 0.1) is 10.6 Å². The lowest BCUT2D eigenvalue weighted by molar-refractivity contribution is -0.119. The maximum absolute atomic E-state index is 13.9. The summed E-state index contributed by atoms with van der Waals surface area (Å²) >= 11 is 12.0. The molecule has 0 atom stereocenters. The molecule has 0 spiro atoms. The number of nitrogens with one attached hydrogen (secondary N) is 1. The third-order valence-electron chi connectivity index (χ3n) is 4.75. The minimum Gasteiger partial charge on any atom is -0.350 e. The molecule has 1 N–H and O–H groups in total. The van der Waals surface area contributed by atoms with Crippen molar-refractivity contribution in [3.05, 3.63) is 82.1 Å². The van der Waals surface area contributed by atoms with Gasteiger partial charge in [0.1, 0.15) is 12.4 Å². The Morgan fingerprint density at radius 2 is 1.77 bits per heavy atom. The molecule has 3 aromatic carbocycles. The molecule has 0 bridgehead atoms. The van der Waals surface area contributed by atoms with E-state index in [4.69, 9.17) is 23.2 Å². The van der Waals surface area contributed by atoms with Crippen LogP contribution >= 0.6 is 23.2 Å². The van der Waals surface area contributed by atoms with Crippen molar-refractivity contribution in [2.75, 3.05) is 10.8 Å². The molecule has 30 heavy (non-hydrogen) atoms. The van der Waals surface area contributed by atoms with E-state index in [0.717, 1.165) is 4.31 Å². The number of hydrogen-bond donors (Lipinski definition) is 1. The Hall–Kier alpha value is -2.61. The molecule has 0 fully saturated rings. The lowest BCUT2D eigenvalue weighted by Crippen LogP contribution is -2.42. The van der Waals surface area contributed by atoms with Crippen LogP contribution in [0.1, 0.15) is 5.56 Å². The van der Waals surface area contributed by atoms with E-state index in [9.17, 15) is 17.6 Å². The molecule has 0 aromatic heterocycles. The first-order valence-electron chi connectivity index (χ1n) is 8.90. The van der Waals surface area contributed by atoms with Gasteiger partial charge >= 0.3 is 0 Å². The molecular formula is C21H15Cl2FN2O3S. The molecule has 3 aromatic rings. The number of carbonyl (C=O) groups is 1. The van der Waals surface area contributed by atoms with E-state index in [2.05, 4.69) is 5.32 Å². The average molecular weight is 465 g/mol. The Morgan fingerprint density at radius 1 is 1.00 bits per heavy atom. The summed E-state index contributed by atoms with van der Waals surface area (Å²) in [4.78, 5) is 12.6. The average Bonchev–Trinajstić information content (AvgIpc) is 2.71. The van der Waals surface area contributed by atoms with Gasteiger partial charge in [-0.15, -0.1) is 0 Å². The number of carbonyl (C=O) groups excluding carboxylic acids is 1. The predicted octanol–water partition coefficient (Wildman–Crippen LogP) is 4.62. The van der Waals surface area contributed by atoms with Crippen LogP contribution < -0.4 is 9.62 Å². The number of hydrogen-bond acceptors (Lipinski definition) is 3. The number of amides is 1. The second-order valence-corrected chi connectivity index (χ2v) is 9.36. The molecule has 0 unspecified atom stereocenters. The summed E-state index contributed by atoms with van der Waals surface area (Å²) in [7, 11) is -3.99. The summed E-state index contributed by atoms with van der Waals surface area (Å²) in [5.74, 6) is -1.02. The maximum Gasteiger partial charge on any atom is 0.265 e. The van der Waals surface area contributed by atoms with E-state index in [1.54, 1.807) is 36.4 Å². The highest BCUT2D eigenvalue weighted by Crippen LogP contribution is 2.42. The summed E-state index contributed by atoms with van der Waals surface area (Å²) in [6.07, 6.45) is 0. The fourth-order valence-electron chi connectivity index (χ4n) is 3.32. The van der Waals surface area contributed by atoms with Crippen LogP contribution in [0.3, 0.4) is 0 Å². The van der Waals surface area contributed by atoms with Crippen LogP contribution in [-0.2, 0) is 21.4 Å². The van der Waals surface area contributed by atoms with Gasteiger partial charge < -0.3 is 5.32 Å². The summed E-state index contributed by atoms with van der Waals surface area (Å²) in [6, 6.07) is 15.0. The standard InChI is InChI=1S/C21H15Cl2FN2O3S/c22-14-6-5-13(18(23)9-14)11-25-21(27)12-26-19-8-7-15(24)10-17(19)16-3-1-2-4-20(16)30(26,28)29/h1-10H,11-12H2,(H,25,27). The second-order valence-electron chi connectivity index (χ2n) is 6.68. The molecule has 0 aliphatic carbocycles. The first-order chi connectivity index (χ1) is 14.3. The molecule has 0 saturated carbocycles. The zero-order valence-corrected chi connectivity index (χ0v) is 17.7. The van der Waals surface area contributed by atoms with E-state index in [-0.39, 0.29) is 17.1 Å². The molecule has 4 rings (SSSR count). The molecular weight excluding hydrogens is 450 g/mol.